The number of aliphatic carboxylic acids is 1. The summed E-state index contributed by atoms with van der Waals surface area (Å²) in [6.45, 7) is -0.452. The number of carboxylic acids is 1. The monoisotopic (exact) mass is 415 g/mol. The Morgan fingerprint density at radius 3 is 2.41 bits per heavy atom. The van der Waals surface area contributed by atoms with Gasteiger partial charge in [0.05, 0.1) is 13.2 Å². The van der Waals surface area contributed by atoms with Gasteiger partial charge in [-0.25, -0.2) is 4.79 Å². The number of aliphatic hydroxyl groups excluding tert-OH is 1. The van der Waals surface area contributed by atoms with Gasteiger partial charge in [-0.05, 0) is 25.7 Å². The molecular weight excluding hydrogens is 386 g/mol. The summed E-state index contributed by atoms with van der Waals surface area (Å²) in [5, 5.41) is 22.8. The van der Waals surface area contributed by atoms with Gasteiger partial charge >= 0.3 is 5.97 Å². The molecule has 13 heteroatoms. The maximum Gasteiger partial charge on any atom is 0.328 e. The lowest BCUT2D eigenvalue weighted by Crippen LogP contribution is -2.56. The summed E-state index contributed by atoms with van der Waals surface area (Å²) >= 11 is 0. The number of guanidine groups is 1. The van der Waals surface area contributed by atoms with Crippen LogP contribution in [0.2, 0.25) is 0 Å². The fourth-order valence-corrected chi connectivity index (χ4v) is 2.95. The lowest BCUT2D eigenvalue weighted by Gasteiger charge is -2.26. The first-order chi connectivity index (χ1) is 13.7. The van der Waals surface area contributed by atoms with Gasteiger partial charge in [0.15, 0.2) is 5.96 Å². The van der Waals surface area contributed by atoms with Crippen molar-refractivity contribution in [1.29, 1.82) is 0 Å². The summed E-state index contributed by atoms with van der Waals surface area (Å²) in [5.74, 6) is -3.23. The van der Waals surface area contributed by atoms with Gasteiger partial charge in [-0.2, -0.15) is 0 Å². The smallest absolute Gasteiger partial charge is 0.328 e. The Hall–Kier alpha value is -2.93. The zero-order chi connectivity index (χ0) is 22.0. The Morgan fingerprint density at radius 2 is 1.86 bits per heavy atom. The molecule has 3 atom stereocenters. The van der Waals surface area contributed by atoms with E-state index < -0.39 is 42.5 Å². The van der Waals surface area contributed by atoms with E-state index >= 15 is 0 Å². The molecule has 1 saturated heterocycles. The first kappa shape index (κ1) is 24.1. The normalized spacial score (nSPS) is 17.9. The molecule has 0 aromatic heterocycles. The minimum Gasteiger partial charge on any atom is -0.480 e. The summed E-state index contributed by atoms with van der Waals surface area (Å²) in [5.41, 5.74) is 15.9. The number of nitrogens with two attached hydrogens (primary N) is 3. The second kappa shape index (κ2) is 11.8. The minimum absolute atomic E-state index is 0.115. The predicted octanol–water partition coefficient (Wildman–Crippen LogP) is -3.96. The third kappa shape index (κ3) is 7.54. The lowest BCUT2D eigenvalue weighted by molar-refractivity contribution is -0.143. The quantitative estimate of drug-likeness (QED) is 0.0990. The fourth-order valence-electron chi connectivity index (χ4n) is 2.95. The highest BCUT2D eigenvalue weighted by Crippen LogP contribution is 2.17. The van der Waals surface area contributed by atoms with Crippen molar-refractivity contribution in [3.8, 4) is 0 Å². The highest BCUT2D eigenvalue weighted by molar-refractivity contribution is 5.93. The lowest BCUT2D eigenvalue weighted by atomic mass is 10.1. The number of nitrogens with zero attached hydrogens (tertiary/aromatic N) is 2. The highest BCUT2D eigenvalue weighted by atomic mass is 16.4. The summed E-state index contributed by atoms with van der Waals surface area (Å²) < 4.78 is 0. The van der Waals surface area contributed by atoms with Crippen LogP contribution in [0.5, 0.6) is 0 Å². The Balaban J connectivity index is 2.84. The molecule has 29 heavy (non-hydrogen) atoms. The van der Waals surface area contributed by atoms with Crippen LogP contribution in [-0.2, 0) is 19.2 Å². The predicted molar refractivity (Wildman–Crippen MR) is 102 cm³/mol. The van der Waals surface area contributed by atoms with Gasteiger partial charge in [-0.1, -0.05) is 0 Å². The van der Waals surface area contributed by atoms with Gasteiger partial charge in [0, 0.05) is 13.1 Å². The molecule has 164 valence electrons. The van der Waals surface area contributed by atoms with E-state index in [0.717, 1.165) is 0 Å². The summed E-state index contributed by atoms with van der Waals surface area (Å²) in [6, 6.07) is -3.37. The molecule has 10 N–H and O–H groups in total. The SMILES string of the molecule is NCC(=O)N1CCCC1C(=O)NC(CCCN=C(N)N)C(=O)NC(CO)C(=O)O. The van der Waals surface area contributed by atoms with Crippen molar-refractivity contribution >= 4 is 29.7 Å². The second-order valence-corrected chi connectivity index (χ2v) is 6.54. The first-order valence-electron chi connectivity index (χ1n) is 9.20. The molecule has 0 radical (unpaired) electrons. The van der Waals surface area contributed by atoms with E-state index in [1.54, 1.807) is 0 Å². The Kier molecular flexibility index (Phi) is 9.82. The van der Waals surface area contributed by atoms with Crippen molar-refractivity contribution in [3.05, 3.63) is 0 Å². The van der Waals surface area contributed by atoms with Crippen molar-refractivity contribution in [2.45, 2.75) is 43.8 Å². The van der Waals surface area contributed by atoms with Gasteiger partial charge in [-0.3, -0.25) is 19.4 Å². The van der Waals surface area contributed by atoms with Crippen LogP contribution >= 0.6 is 0 Å². The van der Waals surface area contributed by atoms with E-state index in [1.807, 2.05) is 0 Å². The number of carboxylic acid groups (broad SMARTS) is 1. The first-order valence-corrected chi connectivity index (χ1v) is 9.20. The number of aliphatic hydroxyl groups is 1. The number of likely N-dealkylation sites (tertiary alicyclic amines) is 1. The fraction of sp³-hybridized carbons (Fsp3) is 0.688. The van der Waals surface area contributed by atoms with Gasteiger partial charge < -0.3 is 42.9 Å². The standard InChI is InChI=1S/C16H29N7O6/c17-7-12(25)23-6-2-4-11(23)14(27)21-9(3-1-5-20-16(18)19)13(26)22-10(8-24)15(28)29/h9-11,24H,1-8,17H2,(H,21,27)(H,22,26)(H,28,29)(H4,18,19,20). The zero-order valence-electron chi connectivity index (χ0n) is 16.0. The molecular formula is C16H29N7O6. The van der Waals surface area contributed by atoms with E-state index in [1.165, 1.54) is 4.90 Å². The van der Waals surface area contributed by atoms with Gasteiger partial charge in [0.25, 0.3) is 0 Å². The molecule has 0 aromatic rings. The van der Waals surface area contributed by atoms with Crippen LogP contribution < -0.4 is 27.8 Å². The molecule has 1 heterocycles. The molecule has 0 aromatic carbocycles. The van der Waals surface area contributed by atoms with Crippen LogP contribution in [-0.4, -0.2) is 89.1 Å². The number of hydrogen-bond acceptors (Lipinski definition) is 7. The molecule has 3 unspecified atom stereocenters. The van der Waals surface area contributed by atoms with E-state index in [9.17, 15) is 19.2 Å². The average Bonchev–Trinajstić information content (AvgIpc) is 3.16. The van der Waals surface area contributed by atoms with Crippen LogP contribution in [0.1, 0.15) is 25.7 Å². The molecule has 0 saturated carbocycles. The maximum atomic E-state index is 12.7. The van der Waals surface area contributed by atoms with Crippen LogP contribution in [0, 0.1) is 0 Å². The Bertz CT molecular complexity index is 637. The molecule has 13 nitrogen and oxygen atoms in total. The van der Waals surface area contributed by atoms with Crippen molar-refractivity contribution < 1.29 is 29.4 Å². The largest absolute Gasteiger partial charge is 0.480 e. The average molecular weight is 415 g/mol. The van der Waals surface area contributed by atoms with Crippen molar-refractivity contribution in [2.75, 3.05) is 26.2 Å². The number of amides is 3. The van der Waals surface area contributed by atoms with Crippen molar-refractivity contribution in [3.63, 3.8) is 0 Å². The molecule has 1 aliphatic rings. The summed E-state index contributed by atoms with van der Waals surface area (Å²) in [6.07, 6.45) is 1.48. The van der Waals surface area contributed by atoms with Gasteiger partial charge in [-0.15, -0.1) is 0 Å². The summed E-state index contributed by atoms with van der Waals surface area (Å²) in [4.78, 5) is 53.2. The molecule has 1 aliphatic heterocycles. The molecule has 0 aliphatic carbocycles. The van der Waals surface area contributed by atoms with Crippen LogP contribution in [0.15, 0.2) is 4.99 Å². The maximum absolute atomic E-state index is 12.7. The number of hydrogen-bond donors (Lipinski definition) is 7. The van der Waals surface area contributed by atoms with Crippen LogP contribution in [0.3, 0.4) is 0 Å². The number of rotatable bonds is 11. The van der Waals surface area contributed by atoms with Crippen LogP contribution in [0.25, 0.3) is 0 Å². The van der Waals surface area contributed by atoms with Crippen molar-refractivity contribution in [2.24, 2.45) is 22.2 Å². The third-order valence-corrected chi connectivity index (χ3v) is 4.43. The second-order valence-electron chi connectivity index (χ2n) is 6.54. The number of carbonyl (C=O) groups is 4. The molecule has 1 rings (SSSR count). The topological polar surface area (TPSA) is 226 Å². The molecule has 0 spiro atoms. The number of nitrogens with one attached hydrogen (secondary N) is 2. The minimum atomic E-state index is -1.51. The van der Waals surface area contributed by atoms with E-state index in [4.69, 9.17) is 27.4 Å². The molecule has 0 bridgehead atoms. The molecule has 3 amide bonds. The van der Waals surface area contributed by atoms with Crippen molar-refractivity contribution in [1.82, 2.24) is 15.5 Å². The van der Waals surface area contributed by atoms with E-state index in [0.29, 0.717) is 25.8 Å². The number of carbonyl (C=O) groups excluding carboxylic acids is 3. The third-order valence-electron chi connectivity index (χ3n) is 4.43. The van der Waals surface area contributed by atoms with Gasteiger partial charge in [0.2, 0.25) is 17.7 Å². The summed E-state index contributed by atoms with van der Waals surface area (Å²) in [7, 11) is 0. The van der Waals surface area contributed by atoms with Gasteiger partial charge in [0.1, 0.15) is 18.1 Å². The number of aliphatic imine (C=N–C) groups is 1. The van der Waals surface area contributed by atoms with E-state index in [-0.39, 0.29) is 31.4 Å². The Morgan fingerprint density at radius 1 is 1.17 bits per heavy atom. The Labute approximate surface area is 167 Å². The zero-order valence-corrected chi connectivity index (χ0v) is 16.0. The van der Waals surface area contributed by atoms with E-state index in [2.05, 4.69) is 15.6 Å². The molecule has 1 fully saturated rings. The van der Waals surface area contributed by atoms with Crippen LogP contribution in [0.4, 0.5) is 0 Å². The highest BCUT2D eigenvalue weighted by Gasteiger charge is 2.35.